The number of allylic oxidation sites excluding steroid dienone is 2. The zero-order valence-corrected chi connectivity index (χ0v) is 10.2. The van der Waals surface area contributed by atoms with Crippen molar-refractivity contribution in [1.82, 2.24) is 0 Å². The minimum absolute atomic E-state index is 0.466. The predicted octanol–water partition coefficient (Wildman–Crippen LogP) is 4.78. The minimum Gasteiger partial charge on any atom is -0.0916 e. The summed E-state index contributed by atoms with van der Waals surface area (Å²) in [5.41, 5.74) is 2.77. The van der Waals surface area contributed by atoms with Gasteiger partial charge in [0.1, 0.15) is 0 Å². The summed E-state index contributed by atoms with van der Waals surface area (Å²) in [4.78, 5) is 0. The van der Waals surface area contributed by atoms with E-state index in [1.807, 2.05) is 0 Å². The first-order valence-corrected chi connectivity index (χ1v) is 6.13. The molecule has 0 heterocycles. The highest BCUT2D eigenvalue weighted by atomic mass is 14.1. The fourth-order valence-electron chi connectivity index (χ4n) is 2.11. The molecule has 0 aliphatic carbocycles. The van der Waals surface area contributed by atoms with Gasteiger partial charge in [-0.3, -0.25) is 0 Å². The lowest BCUT2D eigenvalue weighted by molar-refractivity contribution is 0.829. The maximum atomic E-state index is 2.24. The van der Waals surface area contributed by atoms with E-state index in [1.54, 1.807) is 0 Å². The number of benzene rings is 2. The molecule has 2 rings (SSSR count). The third kappa shape index (κ3) is 3.07. The molecule has 0 bridgehead atoms. The van der Waals surface area contributed by atoms with Crippen LogP contribution in [0.5, 0.6) is 0 Å². The van der Waals surface area contributed by atoms with Gasteiger partial charge in [-0.25, -0.2) is 0 Å². The Labute approximate surface area is 104 Å². The summed E-state index contributed by atoms with van der Waals surface area (Å²) in [6.07, 6.45) is 5.42. The van der Waals surface area contributed by atoms with E-state index in [4.69, 9.17) is 0 Å². The van der Waals surface area contributed by atoms with Crippen molar-refractivity contribution in [2.75, 3.05) is 0 Å². The minimum atomic E-state index is 0.466. The van der Waals surface area contributed by atoms with Gasteiger partial charge in [0.2, 0.25) is 0 Å². The van der Waals surface area contributed by atoms with Crippen molar-refractivity contribution in [1.29, 1.82) is 0 Å². The van der Waals surface area contributed by atoms with E-state index in [0.717, 1.165) is 6.42 Å². The Kier molecular flexibility index (Phi) is 4.15. The molecular formula is C17H18. The molecular weight excluding hydrogens is 204 g/mol. The van der Waals surface area contributed by atoms with Crippen LogP contribution in [0.4, 0.5) is 0 Å². The monoisotopic (exact) mass is 222 g/mol. The van der Waals surface area contributed by atoms with Crippen LogP contribution in [-0.2, 0) is 0 Å². The van der Waals surface area contributed by atoms with Crippen molar-refractivity contribution in [3.63, 3.8) is 0 Å². The highest BCUT2D eigenvalue weighted by Gasteiger charge is 2.11. The average Bonchev–Trinajstić information content (AvgIpc) is 2.42. The molecule has 0 aliphatic heterocycles. The van der Waals surface area contributed by atoms with Crippen LogP contribution in [-0.4, -0.2) is 0 Å². The third-order valence-corrected chi connectivity index (χ3v) is 3.01. The molecule has 0 spiro atoms. The Balaban J connectivity index is 2.32. The topological polar surface area (TPSA) is 0 Å². The molecule has 0 fully saturated rings. The Hall–Kier alpha value is -1.82. The van der Waals surface area contributed by atoms with E-state index in [1.165, 1.54) is 11.1 Å². The van der Waals surface area contributed by atoms with Crippen LogP contribution in [0.1, 0.15) is 30.4 Å². The van der Waals surface area contributed by atoms with Gasteiger partial charge in [-0.05, 0) is 24.5 Å². The molecule has 2 aromatic rings. The van der Waals surface area contributed by atoms with Gasteiger partial charge in [-0.1, -0.05) is 72.8 Å². The summed E-state index contributed by atoms with van der Waals surface area (Å²) in [6.45, 7) is 2.08. The first kappa shape index (κ1) is 11.7. The molecule has 0 saturated heterocycles. The lowest BCUT2D eigenvalue weighted by Gasteiger charge is -2.16. The Morgan fingerprint density at radius 1 is 0.824 bits per heavy atom. The van der Waals surface area contributed by atoms with Gasteiger partial charge in [0.15, 0.2) is 0 Å². The predicted molar refractivity (Wildman–Crippen MR) is 74.2 cm³/mol. The third-order valence-electron chi connectivity index (χ3n) is 3.01. The first-order valence-electron chi connectivity index (χ1n) is 6.13. The van der Waals surface area contributed by atoms with Gasteiger partial charge in [0.05, 0.1) is 0 Å². The molecule has 2 aromatic carbocycles. The zero-order chi connectivity index (χ0) is 11.9. The largest absolute Gasteiger partial charge is 0.0916 e. The van der Waals surface area contributed by atoms with Crippen molar-refractivity contribution in [3.8, 4) is 0 Å². The van der Waals surface area contributed by atoms with Crippen LogP contribution >= 0.6 is 0 Å². The van der Waals surface area contributed by atoms with Crippen molar-refractivity contribution in [3.05, 3.63) is 83.9 Å². The summed E-state index contributed by atoms with van der Waals surface area (Å²) in [5, 5.41) is 0. The van der Waals surface area contributed by atoms with E-state index in [0.29, 0.717) is 5.92 Å². The number of hydrogen-bond donors (Lipinski definition) is 0. The molecule has 17 heavy (non-hydrogen) atoms. The quantitative estimate of drug-likeness (QED) is 0.653. The molecule has 0 atom stereocenters. The molecule has 0 aromatic heterocycles. The smallest absolute Gasteiger partial charge is 0.0124 e. The van der Waals surface area contributed by atoms with Crippen molar-refractivity contribution in [2.45, 2.75) is 19.3 Å². The van der Waals surface area contributed by atoms with Crippen molar-refractivity contribution < 1.29 is 0 Å². The highest BCUT2D eigenvalue weighted by Crippen LogP contribution is 2.27. The van der Waals surface area contributed by atoms with E-state index < -0.39 is 0 Å². The Morgan fingerprint density at radius 2 is 1.29 bits per heavy atom. The lowest BCUT2D eigenvalue weighted by Crippen LogP contribution is -1.99. The Morgan fingerprint density at radius 3 is 1.71 bits per heavy atom. The van der Waals surface area contributed by atoms with Crippen molar-refractivity contribution in [2.24, 2.45) is 0 Å². The molecule has 0 heteroatoms. The summed E-state index contributed by atoms with van der Waals surface area (Å²) < 4.78 is 0. The molecule has 86 valence electrons. The number of rotatable bonds is 4. The van der Waals surface area contributed by atoms with Crippen LogP contribution in [0, 0.1) is 0 Å². The highest BCUT2D eigenvalue weighted by molar-refractivity contribution is 5.32. The van der Waals surface area contributed by atoms with Gasteiger partial charge in [-0.2, -0.15) is 0 Å². The molecule has 0 N–H and O–H groups in total. The molecule has 0 nitrogen and oxygen atoms in total. The van der Waals surface area contributed by atoms with Gasteiger partial charge < -0.3 is 0 Å². The average molecular weight is 222 g/mol. The van der Waals surface area contributed by atoms with E-state index in [2.05, 4.69) is 79.7 Å². The van der Waals surface area contributed by atoms with E-state index >= 15 is 0 Å². The van der Waals surface area contributed by atoms with Crippen LogP contribution in [0.2, 0.25) is 0 Å². The zero-order valence-electron chi connectivity index (χ0n) is 10.2. The first-order chi connectivity index (χ1) is 8.42. The van der Waals surface area contributed by atoms with Crippen molar-refractivity contribution >= 4 is 0 Å². The second-order valence-corrected chi connectivity index (χ2v) is 4.18. The van der Waals surface area contributed by atoms with Crippen LogP contribution < -0.4 is 0 Å². The summed E-state index contributed by atoms with van der Waals surface area (Å²) in [5.74, 6) is 0.466. The van der Waals surface area contributed by atoms with Crippen LogP contribution in [0.25, 0.3) is 0 Å². The maximum Gasteiger partial charge on any atom is 0.0124 e. The van der Waals surface area contributed by atoms with E-state index in [-0.39, 0.29) is 0 Å². The van der Waals surface area contributed by atoms with Crippen LogP contribution in [0.15, 0.2) is 72.8 Å². The second kappa shape index (κ2) is 6.05. The summed E-state index contributed by atoms with van der Waals surface area (Å²) in [6, 6.07) is 21.4. The fraction of sp³-hybridized carbons (Fsp3) is 0.176. The SMILES string of the molecule is C/C=C\CC(c1ccccc1)c1ccccc1. The fourth-order valence-corrected chi connectivity index (χ4v) is 2.11. The molecule has 0 radical (unpaired) electrons. The molecule has 0 unspecified atom stereocenters. The summed E-state index contributed by atoms with van der Waals surface area (Å²) in [7, 11) is 0. The van der Waals surface area contributed by atoms with Gasteiger partial charge in [-0.15, -0.1) is 0 Å². The maximum absolute atomic E-state index is 2.24. The normalized spacial score (nSPS) is 11.2. The number of hydrogen-bond acceptors (Lipinski definition) is 0. The molecule has 0 amide bonds. The Bertz CT molecular complexity index is 414. The lowest BCUT2D eigenvalue weighted by atomic mass is 9.88. The standard InChI is InChI=1S/C17H18/c1-2-3-14-17(15-10-6-4-7-11-15)16-12-8-5-9-13-16/h2-13,17H,14H2,1H3/b3-2-. The molecule has 0 aliphatic rings. The summed E-state index contributed by atoms with van der Waals surface area (Å²) >= 11 is 0. The van der Waals surface area contributed by atoms with Crippen LogP contribution in [0.3, 0.4) is 0 Å². The van der Waals surface area contributed by atoms with Gasteiger partial charge >= 0.3 is 0 Å². The van der Waals surface area contributed by atoms with Gasteiger partial charge in [0, 0.05) is 5.92 Å². The van der Waals surface area contributed by atoms with E-state index in [9.17, 15) is 0 Å². The molecule has 0 saturated carbocycles. The second-order valence-electron chi connectivity index (χ2n) is 4.18. The van der Waals surface area contributed by atoms with Gasteiger partial charge in [0.25, 0.3) is 0 Å².